The summed E-state index contributed by atoms with van der Waals surface area (Å²) in [6.45, 7) is 2.27. The molecule has 4 aromatic rings. The summed E-state index contributed by atoms with van der Waals surface area (Å²) >= 11 is 0. The van der Waals surface area contributed by atoms with E-state index in [1.165, 1.54) is 12.1 Å². The van der Waals surface area contributed by atoms with E-state index in [1.54, 1.807) is 30.3 Å². The minimum atomic E-state index is -0.375. The molecule has 0 aliphatic rings. The summed E-state index contributed by atoms with van der Waals surface area (Å²) in [5.74, 6) is 0.355. The molecular weight excluding hydrogens is 343 g/mol. The number of halogens is 1. The van der Waals surface area contributed by atoms with Gasteiger partial charge in [-0.2, -0.15) is 0 Å². The van der Waals surface area contributed by atoms with E-state index in [2.05, 4.69) is 0 Å². The van der Waals surface area contributed by atoms with Crippen LogP contribution in [0.1, 0.15) is 11.1 Å². The Balaban J connectivity index is 1.57. The zero-order chi connectivity index (χ0) is 18.8. The standard InChI is InChI=1S/C23H17FO3/c1-15-5-10-22-18(11-15)13-21(23(25)27-22)17-6-8-20(9-7-17)26-14-16-3-2-4-19(24)12-16/h2-13H,14H2,1H3. The van der Waals surface area contributed by atoms with Crippen molar-refractivity contribution >= 4 is 11.0 Å². The maximum atomic E-state index is 13.2. The Kier molecular flexibility index (Phi) is 4.47. The van der Waals surface area contributed by atoms with E-state index < -0.39 is 0 Å². The highest BCUT2D eigenvalue weighted by Crippen LogP contribution is 2.24. The van der Waals surface area contributed by atoms with Gasteiger partial charge in [0.15, 0.2) is 0 Å². The molecule has 0 N–H and O–H groups in total. The van der Waals surface area contributed by atoms with Crippen molar-refractivity contribution in [2.45, 2.75) is 13.5 Å². The van der Waals surface area contributed by atoms with E-state index in [0.717, 1.165) is 22.1 Å². The minimum Gasteiger partial charge on any atom is -0.489 e. The molecule has 0 spiro atoms. The Bertz CT molecular complexity index is 1160. The van der Waals surface area contributed by atoms with Crippen LogP contribution in [-0.2, 0) is 6.61 Å². The maximum Gasteiger partial charge on any atom is 0.344 e. The molecule has 0 radical (unpaired) electrons. The molecule has 4 rings (SSSR count). The average molecular weight is 360 g/mol. The second-order valence-corrected chi connectivity index (χ2v) is 6.43. The van der Waals surface area contributed by atoms with E-state index in [9.17, 15) is 9.18 Å². The highest BCUT2D eigenvalue weighted by molar-refractivity contribution is 5.82. The van der Waals surface area contributed by atoms with Crippen LogP contribution in [0.3, 0.4) is 0 Å². The van der Waals surface area contributed by atoms with Gasteiger partial charge in [-0.3, -0.25) is 0 Å². The minimum absolute atomic E-state index is 0.272. The smallest absolute Gasteiger partial charge is 0.344 e. The van der Waals surface area contributed by atoms with Crippen molar-refractivity contribution < 1.29 is 13.5 Å². The number of hydrogen-bond donors (Lipinski definition) is 0. The van der Waals surface area contributed by atoms with Crippen LogP contribution in [0.15, 0.2) is 82.0 Å². The highest BCUT2D eigenvalue weighted by atomic mass is 19.1. The van der Waals surface area contributed by atoms with Gasteiger partial charge in [-0.1, -0.05) is 35.9 Å². The highest BCUT2D eigenvalue weighted by Gasteiger charge is 2.08. The first-order valence-electron chi connectivity index (χ1n) is 8.61. The molecule has 4 heteroatoms. The van der Waals surface area contributed by atoms with Gasteiger partial charge in [0, 0.05) is 5.39 Å². The average Bonchev–Trinajstić information content (AvgIpc) is 2.67. The molecule has 0 bridgehead atoms. The summed E-state index contributed by atoms with van der Waals surface area (Å²) in [6, 6.07) is 21.0. The van der Waals surface area contributed by atoms with E-state index in [0.29, 0.717) is 16.9 Å². The van der Waals surface area contributed by atoms with Crippen LogP contribution in [0.5, 0.6) is 5.75 Å². The van der Waals surface area contributed by atoms with E-state index in [-0.39, 0.29) is 18.0 Å². The van der Waals surface area contributed by atoms with Crippen molar-refractivity contribution in [3.8, 4) is 16.9 Å². The maximum absolute atomic E-state index is 13.2. The monoisotopic (exact) mass is 360 g/mol. The van der Waals surface area contributed by atoms with Gasteiger partial charge in [-0.15, -0.1) is 0 Å². The number of ether oxygens (including phenoxy) is 1. The molecule has 3 nitrogen and oxygen atoms in total. The van der Waals surface area contributed by atoms with Gasteiger partial charge < -0.3 is 9.15 Å². The lowest BCUT2D eigenvalue weighted by Crippen LogP contribution is -2.02. The molecule has 3 aromatic carbocycles. The molecule has 0 amide bonds. The third-order valence-electron chi connectivity index (χ3n) is 4.35. The molecule has 0 saturated carbocycles. The summed E-state index contributed by atoms with van der Waals surface area (Å²) in [4.78, 5) is 12.3. The normalized spacial score (nSPS) is 10.9. The Morgan fingerprint density at radius 1 is 0.963 bits per heavy atom. The molecule has 0 aliphatic carbocycles. The first-order chi connectivity index (χ1) is 13.1. The summed E-state index contributed by atoms with van der Waals surface area (Å²) in [5.41, 5.74) is 3.31. The van der Waals surface area contributed by atoms with Gasteiger partial charge >= 0.3 is 5.63 Å². The van der Waals surface area contributed by atoms with E-state index >= 15 is 0 Å². The Morgan fingerprint density at radius 2 is 1.78 bits per heavy atom. The fourth-order valence-electron chi connectivity index (χ4n) is 2.97. The molecule has 0 fully saturated rings. The Labute approximate surface area is 155 Å². The fourth-order valence-corrected chi connectivity index (χ4v) is 2.97. The largest absolute Gasteiger partial charge is 0.489 e. The quantitative estimate of drug-likeness (QED) is 0.452. The molecule has 27 heavy (non-hydrogen) atoms. The van der Waals surface area contributed by atoms with Crippen LogP contribution in [0, 0.1) is 12.7 Å². The van der Waals surface area contributed by atoms with Crippen LogP contribution in [0.4, 0.5) is 4.39 Å². The van der Waals surface area contributed by atoms with Crippen molar-refractivity contribution in [1.29, 1.82) is 0 Å². The molecule has 1 aromatic heterocycles. The van der Waals surface area contributed by atoms with Crippen molar-refractivity contribution in [1.82, 2.24) is 0 Å². The predicted molar refractivity (Wildman–Crippen MR) is 103 cm³/mol. The summed E-state index contributed by atoms with van der Waals surface area (Å²) in [7, 11) is 0. The van der Waals surface area contributed by atoms with Gasteiger partial charge in [-0.25, -0.2) is 9.18 Å². The first-order valence-corrected chi connectivity index (χ1v) is 8.61. The lowest BCUT2D eigenvalue weighted by Gasteiger charge is -2.08. The second-order valence-electron chi connectivity index (χ2n) is 6.43. The summed E-state index contributed by atoms with van der Waals surface area (Å²) in [5, 5.41) is 0.885. The number of fused-ring (bicyclic) bond motifs is 1. The third kappa shape index (κ3) is 3.75. The van der Waals surface area contributed by atoms with Gasteiger partial charge in [0.2, 0.25) is 0 Å². The molecular formula is C23H17FO3. The van der Waals surface area contributed by atoms with Crippen molar-refractivity contribution in [2.75, 3.05) is 0 Å². The number of benzene rings is 3. The molecule has 134 valence electrons. The Morgan fingerprint density at radius 3 is 2.56 bits per heavy atom. The summed E-state index contributed by atoms with van der Waals surface area (Å²) in [6.07, 6.45) is 0. The lowest BCUT2D eigenvalue weighted by molar-refractivity contribution is 0.305. The van der Waals surface area contributed by atoms with Crippen LogP contribution < -0.4 is 10.4 Å². The van der Waals surface area contributed by atoms with Crippen molar-refractivity contribution in [2.24, 2.45) is 0 Å². The molecule has 0 saturated heterocycles. The Hall–Kier alpha value is -3.40. The first kappa shape index (κ1) is 17.0. The number of rotatable bonds is 4. The van der Waals surface area contributed by atoms with Crippen LogP contribution in [0.2, 0.25) is 0 Å². The summed E-state index contributed by atoms with van der Waals surface area (Å²) < 4.78 is 24.3. The van der Waals surface area contributed by atoms with Crippen molar-refractivity contribution in [3.63, 3.8) is 0 Å². The second kappa shape index (κ2) is 7.08. The third-order valence-corrected chi connectivity index (χ3v) is 4.35. The SMILES string of the molecule is Cc1ccc2oc(=O)c(-c3ccc(OCc4cccc(F)c4)cc3)cc2c1. The lowest BCUT2D eigenvalue weighted by atomic mass is 10.0. The van der Waals surface area contributed by atoms with Gasteiger partial charge in [0.25, 0.3) is 0 Å². The molecule has 0 aliphatic heterocycles. The molecule has 0 unspecified atom stereocenters. The van der Waals surface area contributed by atoms with Crippen LogP contribution in [0.25, 0.3) is 22.1 Å². The van der Waals surface area contributed by atoms with E-state index in [4.69, 9.17) is 9.15 Å². The zero-order valence-corrected chi connectivity index (χ0v) is 14.7. The molecule has 0 atom stereocenters. The van der Waals surface area contributed by atoms with Gasteiger partial charge in [0.05, 0.1) is 5.56 Å². The topological polar surface area (TPSA) is 39.4 Å². The van der Waals surface area contributed by atoms with Gasteiger partial charge in [0.1, 0.15) is 23.8 Å². The van der Waals surface area contributed by atoms with Crippen molar-refractivity contribution in [3.05, 3.63) is 100 Å². The molecule has 1 heterocycles. The predicted octanol–water partition coefficient (Wildman–Crippen LogP) is 5.49. The number of aryl methyl sites for hydroxylation is 1. The number of hydrogen-bond acceptors (Lipinski definition) is 3. The van der Waals surface area contributed by atoms with E-state index in [1.807, 2.05) is 37.3 Å². The van der Waals surface area contributed by atoms with Gasteiger partial charge in [-0.05, 0) is 60.5 Å². The van der Waals surface area contributed by atoms with Crippen LogP contribution in [-0.4, -0.2) is 0 Å². The fraction of sp³-hybridized carbons (Fsp3) is 0.0870. The van der Waals surface area contributed by atoms with Crippen LogP contribution >= 0.6 is 0 Å². The zero-order valence-electron chi connectivity index (χ0n) is 14.7.